The first-order valence-electron chi connectivity index (χ1n) is 10.2. The van der Waals surface area contributed by atoms with Crippen LogP contribution in [0.15, 0.2) is 47.8 Å². The predicted molar refractivity (Wildman–Crippen MR) is 119 cm³/mol. The van der Waals surface area contributed by atoms with E-state index in [4.69, 9.17) is 11.6 Å². The van der Waals surface area contributed by atoms with Crippen LogP contribution in [0.3, 0.4) is 0 Å². The summed E-state index contributed by atoms with van der Waals surface area (Å²) in [5.74, 6) is 0.180. The van der Waals surface area contributed by atoms with Crippen molar-refractivity contribution in [2.24, 2.45) is 13.0 Å². The number of carbonyl (C=O) groups is 1. The molecule has 0 radical (unpaired) electrons. The summed E-state index contributed by atoms with van der Waals surface area (Å²) in [6.45, 7) is 4.14. The van der Waals surface area contributed by atoms with E-state index in [1.807, 2.05) is 24.3 Å². The maximum Gasteiger partial charge on any atom is 0.289 e. The van der Waals surface area contributed by atoms with Crippen LogP contribution in [0, 0.1) is 5.92 Å². The molecule has 0 bridgehead atoms. The van der Waals surface area contributed by atoms with Crippen LogP contribution in [0.1, 0.15) is 48.6 Å². The summed E-state index contributed by atoms with van der Waals surface area (Å²) in [6, 6.07) is 7.67. The lowest BCUT2D eigenvalue weighted by Gasteiger charge is -2.18. The summed E-state index contributed by atoms with van der Waals surface area (Å²) in [7, 11) is 1.67. The van der Waals surface area contributed by atoms with Crippen molar-refractivity contribution in [1.82, 2.24) is 24.8 Å². The van der Waals surface area contributed by atoms with E-state index in [9.17, 15) is 9.59 Å². The lowest BCUT2D eigenvalue weighted by molar-refractivity contribution is 0.0919. The number of hydrogen-bond donors (Lipinski definition) is 1. The van der Waals surface area contributed by atoms with Crippen LogP contribution in [0.2, 0.25) is 5.02 Å². The predicted octanol–water partition coefficient (Wildman–Crippen LogP) is 3.51. The normalized spacial score (nSPS) is 14.5. The fourth-order valence-corrected chi connectivity index (χ4v) is 3.77. The van der Waals surface area contributed by atoms with Crippen LogP contribution in [0.5, 0.6) is 0 Å². The van der Waals surface area contributed by atoms with Gasteiger partial charge in [0.2, 0.25) is 5.82 Å². The largest absolute Gasteiger partial charge is 0.340 e. The van der Waals surface area contributed by atoms with E-state index in [0.717, 1.165) is 24.0 Å². The van der Waals surface area contributed by atoms with Gasteiger partial charge >= 0.3 is 0 Å². The topological polar surface area (TPSA) is 89.8 Å². The highest BCUT2D eigenvalue weighted by atomic mass is 35.5. The van der Waals surface area contributed by atoms with Crippen molar-refractivity contribution < 1.29 is 4.79 Å². The Hall–Kier alpha value is -3.06. The molecule has 160 valence electrons. The standard InChI is InChI=1S/C23H24ClN5O2/c1-14(2)10-19-18(24)12-26-20(27-19)21(30)28-23(8-9-23)16-6-4-15(5-7-16)17-11-25-13-29(3)22(17)31/h4-7,11-14H,8-10H2,1-3H3,(H,28,30). The summed E-state index contributed by atoms with van der Waals surface area (Å²) in [5.41, 5.74) is 2.47. The van der Waals surface area contributed by atoms with Crippen LogP contribution in [0.4, 0.5) is 0 Å². The number of carbonyl (C=O) groups excluding carboxylic acids is 1. The van der Waals surface area contributed by atoms with Crippen molar-refractivity contribution in [3.8, 4) is 11.1 Å². The van der Waals surface area contributed by atoms with Crippen molar-refractivity contribution in [2.45, 2.75) is 38.6 Å². The Balaban J connectivity index is 1.54. The Labute approximate surface area is 185 Å². The second kappa shape index (κ2) is 8.23. The number of rotatable bonds is 6. The van der Waals surface area contributed by atoms with Crippen molar-refractivity contribution in [2.75, 3.05) is 0 Å². The van der Waals surface area contributed by atoms with Crippen LogP contribution in [-0.2, 0) is 19.0 Å². The number of aromatic nitrogens is 4. The van der Waals surface area contributed by atoms with Crippen molar-refractivity contribution in [3.63, 3.8) is 0 Å². The number of hydrogen-bond acceptors (Lipinski definition) is 5. The maximum atomic E-state index is 12.9. The summed E-state index contributed by atoms with van der Waals surface area (Å²) < 4.78 is 1.45. The minimum atomic E-state index is -0.434. The van der Waals surface area contributed by atoms with Gasteiger partial charge in [0.15, 0.2) is 0 Å². The Bertz CT molecular complexity index is 1180. The molecule has 0 atom stereocenters. The molecule has 7 nitrogen and oxygen atoms in total. The molecular formula is C23H24ClN5O2. The van der Waals surface area contributed by atoms with Gasteiger partial charge in [-0.05, 0) is 36.3 Å². The van der Waals surface area contributed by atoms with Gasteiger partial charge in [0, 0.05) is 13.2 Å². The van der Waals surface area contributed by atoms with Gasteiger partial charge in [-0.25, -0.2) is 15.0 Å². The van der Waals surface area contributed by atoms with E-state index >= 15 is 0 Å². The highest BCUT2D eigenvalue weighted by Crippen LogP contribution is 2.46. The molecule has 1 amide bonds. The van der Waals surface area contributed by atoms with Crippen molar-refractivity contribution >= 4 is 17.5 Å². The van der Waals surface area contributed by atoms with Gasteiger partial charge in [-0.2, -0.15) is 0 Å². The Kier molecular flexibility index (Phi) is 5.62. The summed E-state index contributed by atoms with van der Waals surface area (Å²) in [4.78, 5) is 37.8. The van der Waals surface area contributed by atoms with E-state index in [-0.39, 0.29) is 17.3 Å². The van der Waals surface area contributed by atoms with Gasteiger partial charge in [0.1, 0.15) is 0 Å². The molecular weight excluding hydrogens is 414 g/mol. The van der Waals surface area contributed by atoms with Gasteiger partial charge in [-0.1, -0.05) is 49.7 Å². The lowest BCUT2D eigenvalue weighted by Crippen LogP contribution is -2.36. The molecule has 1 fully saturated rings. The number of nitrogens with one attached hydrogen (secondary N) is 1. The average Bonchev–Trinajstić information content (AvgIpc) is 3.52. The molecule has 0 unspecified atom stereocenters. The molecule has 1 saturated carbocycles. The van der Waals surface area contributed by atoms with E-state index in [1.54, 1.807) is 13.2 Å². The number of benzene rings is 1. The second-order valence-electron chi connectivity index (χ2n) is 8.42. The quantitative estimate of drug-likeness (QED) is 0.637. The van der Waals surface area contributed by atoms with Gasteiger partial charge in [-0.15, -0.1) is 0 Å². The fraction of sp³-hybridized carbons (Fsp3) is 0.348. The van der Waals surface area contributed by atoms with Gasteiger partial charge in [0.05, 0.1) is 34.3 Å². The molecule has 3 aromatic rings. The summed E-state index contributed by atoms with van der Waals surface area (Å²) in [5, 5.41) is 3.57. The molecule has 0 spiro atoms. The first-order valence-corrected chi connectivity index (χ1v) is 10.6. The first-order chi connectivity index (χ1) is 14.8. The lowest BCUT2D eigenvalue weighted by atomic mass is 10.0. The smallest absolute Gasteiger partial charge is 0.289 e. The third kappa shape index (κ3) is 4.37. The summed E-state index contributed by atoms with van der Waals surface area (Å²) >= 11 is 6.19. The van der Waals surface area contributed by atoms with Crippen molar-refractivity contribution in [3.05, 3.63) is 75.4 Å². The van der Waals surface area contributed by atoms with E-state index < -0.39 is 5.54 Å². The number of aryl methyl sites for hydroxylation is 1. The Morgan fingerprint density at radius 3 is 2.58 bits per heavy atom. The third-order valence-electron chi connectivity index (χ3n) is 5.47. The first kappa shape index (κ1) is 21.2. The minimum Gasteiger partial charge on any atom is -0.340 e. The Morgan fingerprint density at radius 1 is 1.23 bits per heavy atom. The van der Waals surface area contributed by atoms with Gasteiger partial charge < -0.3 is 9.88 Å². The number of amides is 1. The van der Waals surface area contributed by atoms with E-state index in [2.05, 4.69) is 34.1 Å². The van der Waals surface area contributed by atoms with Crippen LogP contribution >= 0.6 is 11.6 Å². The second-order valence-corrected chi connectivity index (χ2v) is 8.83. The maximum absolute atomic E-state index is 12.9. The minimum absolute atomic E-state index is 0.103. The van der Waals surface area contributed by atoms with Gasteiger partial charge in [0.25, 0.3) is 11.5 Å². The molecule has 8 heteroatoms. The molecule has 1 aliphatic rings. The fourth-order valence-electron chi connectivity index (χ4n) is 3.60. The molecule has 2 aromatic heterocycles. The zero-order valence-electron chi connectivity index (χ0n) is 17.7. The van der Waals surface area contributed by atoms with Crippen LogP contribution < -0.4 is 10.9 Å². The molecule has 2 heterocycles. The molecule has 4 rings (SSSR count). The van der Waals surface area contributed by atoms with E-state index in [0.29, 0.717) is 28.6 Å². The zero-order valence-corrected chi connectivity index (χ0v) is 18.5. The highest BCUT2D eigenvalue weighted by molar-refractivity contribution is 6.31. The van der Waals surface area contributed by atoms with E-state index in [1.165, 1.54) is 17.1 Å². The Morgan fingerprint density at radius 2 is 1.94 bits per heavy atom. The molecule has 31 heavy (non-hydrogen) atoms. The zero-order chi connectivity index (χ0) is 22.2. The number of halogens is 1. The molecule has 0 aliphatic heterocycles. The van der Waals surface area contributed by atoms with Gasteiger partial charge in [-0.3, -0.25) is 9.59 Å². The monoisotopic (exact) mass is 437 g/mol. The van der Waals surface area contributed by atoms with Crippen molar-refractivity contribution in [1.29, 1.82) is 0 Å². The molecule has 1 aromatic carbocycles. The third-order valence-corrected chi connectivity index (χ3v) is 5.78. The molecule has 1 aliphatic carbocycles. The highest BCUT2D eigenvalue weighted by Gasteiger charge is 2.46. The molecule has 1 N–H and O–H groups in total. The molecule has 0 saturated heterocycles. The van der Waals surface area contributed by atoms with Crippen LogP contribution in [0.25, 0.3) is 11.1 Å². The van der Waals surface area contributed by atoms with Crippen LogP contribution in [-0.4, -0.2) is 25.4 Å². The SMILES string of the molecule is CC(C)Cc1nc(C(=O)NC2(c3ccc(-c4cncn(C)c4=O)cc3)CC2)ncc1Cl. The summed E-state index contributed by atoms with van der Waals surface area (Å²) in [6.07, 6.45) is 6.89. The number of nitrogens with zero attached hydrogens (tertiary/aromatic N) is 4. The average molecular weight is 438 g/mol.